The Hall–Kier alpha value is -1.06. The van der Waals surface area contributed by atoms with Gasteiger partial charge in [0.2, 0.25) is 0 Å². The first-order valence-corrected chi connectivity index (χ1v) is 1.96. The number of carbonyl (C=O) groups is 2. The van der Waals surface area contributed by atoms with Gasteiger partial charge >= 0.3 is 0 Å². The van der Waals surface area contributed by atoms with E-state index in [1.54, 1.807) is 6.92 Å². The summed E-state index contributed by atoms with van der Waals surface area (Å²) in [5.41, 5.74) is 0. The van der Waals surface area contributed by atoms with Crippen LogP contribution in [0.1, 0.15) is 6.92 Å². The minimum absolute atomic E-state index is 0.250. The minimum atomic E-state index is -0.250. The summed E-state index contributed by atoms with van der Waals surface area (Å²) in [4.78, 5) is 17.5. The normalized spacial score (nSPS) is 5.62. The number of carboxylic acid groups (broad SMARTS) is 1. The van der Waals surface area contributed by atoms with Crippen molar-refractivity contribution < 1.29 is 19.4 Å². The molecule has 0 rings (SSSR count). The van der Waals surface area contributed by atoms with Gasteiger partial charge in [0.25, 0.3) is 12.9 Å². The van der Waals surface area contributed by atoms with Crippen LogP contribution in [0.3, 0.4) is 0 Å². The molecule has 0 radical (unpaired) electrons. The Morgan fingerprint density at radius 1 is 1.62 bits per heavy atom. The quantitative estimate of drug-likeness (QED) is 0.516. The second kappa shape index (κ2) is 16.8. The Labute approximate surface area is 47.1 Å². The topological polar surface area (TPSA) is 63.6 Å². The first-order valence-electron chi connectivity index (χ1n) is 1.96. The Balaban J connectivity index is 0. The maximum Gasteiger partial charge on any atom is 0.293 e. The molecule has 0 amide bonds. The molecule has 0 bridgehead atoms. The lowest BCUT2D eigenvalue weighted by molar-refractivity contribution is -0.128. The third-order valence-electron chi connectivity index (χ3n) is 0.235. The molecule has 0 aliphatic rings. The van der Waals surface area contributed by atoms with E-state index in [0.29, 0.717) is 13.1 Å². The number of hydrogen-bond donors (Lipinski definition) is 1. The molecule has 0 saturated heterocycles. The van der Waals surface area contributed by atoms with Gasteiger partial charge in [0.15, 0.2) is 0 Å². The summed E-state index contributed by atoms with van der Waals surface area (Å²) in [6.07, 6.45) is 0. The molecule has 0 fully saturated rings. The maximum atomic E-state index is 9.18. The van der Waals surface area contributed by atoms with Gasteiger partial charge in [-0.25, -0.2) is 0 Å². The highest BCUT2D eigenvalue weighted by Gasteiger charge is 1.60. The zero-order valence-corrected chi connectivity index (χ0v) is 4.53. The van der Waals surface area contributed by atoms with Crippen molar-refractivity contribution in [3.05, 3.63) is 0 Å². The van der Waals surface area contributed by atoms with Crippen LogP contribution >= 0.6 is 0 Å². The average Bonchev–Trinajstić information content (AvgIpc) is 1.71. The van der Waals surface area contributed by atoms with Gasteiger partial charge in [0.1, 0.15) is 0 Å². The van der Waals surface area contributed by atoms with Crippen molar-refractivity contribution in [1.82, 2.24) is 0 Å². The van der Waals surface area contributed by atoms with Crippen LogP contribution in [0.15, 0.2) is 0 Å². The fourth-order valence-corrected chi connectivity index (χ4v) is 0.0680. The number of carbonyl (C=O) groups excluding carboxylic acids is 1. The molecule has 0 aliphatic heterocycles. The van der Waals surface area contributed by atoms with Crippen LogP contribution in [0, 0.1) is 0 Å². The van der Waals surface area contributed by atoms with Crippen LogP contribution < -0.4 is 0 Å². The summed E-state index contributed by atoms with van der Waals surface area (Å²) >= 11 is 0. The Morgan fingerprint density at radius 2 is 2.00 bits per heavy atom. The minimum Gasteiger partial charge on any atom is -0.483 e. The van der Waals surface area contributed by atoms with E-state index >= 15 is 0 Å². The molecular formula is C4H8O4. The molecule has 0 aromatic rings. The van der Waals surface area contributed by atoms with Gasteiger partial charge in [-0.1, -0.05) is 0 Å². The van der Waals surface area contributed by atoms with Crippen LogP contribution in [-0.4, -0.2) is 24.7 Å². The van der Waals surface area contributed by atoms with Crippen molar-refractivity contribution in [3.8, 4) is 0 Å². The highest BCUT2D eigenvalue weighted by molar-refractivity contribution is 5.36. The van der Waals surface area contributed by atoms with Crippen LogP contribution in [0.4, 0.5) is 0 Å². The molecule has 1 N–H and O–H groups in total. The summed E-state index contributed by atoms with van der Waals surface area (Å²) in [5.74, 6) is 0. The number of rotatable bonds is 2. The summed E-state index contributed by atoms with van der Waals surface area (Å²) < 4.78 is 4.15. The molecule has 8 heavy (non-hydrogen) atoms. The fourth-order valence-electron chi connectivity index (χ4n) is 0.0680. The predicted octanol–water partition coefficient (Wildman–Crippen LogP) is -0.120. The summed E-state index contributed by atoms with van der Waals surface area (Å²) in [5, 5.41) is 6.89. The third-order valence-corrected chi connectivity index (χ3v) is 0.235. The summed E-state index contributed by atoms with van der Waals surface area (Å²) in [6, 6.07) is 0. The van der Waals surface area contributed by atoms with Crippen LogP contribution in [0.25, 0.3) is 0 Å². The predicted molar refractivity (Wildman–Crippen MR) is 26.4 cm³/mol. The molecule has 0 aromatic carbocycles. The standard InChI is InChI=1S/C3H6O2.CH2O2/c1-2-5-3-4;2-1-3/h3H,2H2,1H3;1H,(H,2,3). The first kappa shape index (κ1) is 10.0. The third kappa shape index (κ3) is 86.8. The van der Waals surface area contributed by atoms with Gasteiger partial charge in [0, 0.05) is 0 Å². The molecular weight excluding hydrogens is 112 g/mol. The highest BCUT2D eigenvalue weighted by Crippen LogP contribution is 1.55. The summed E-state index contributed by atoms with van der Waals surface area (Å²) in [6.45, 7) is 2.41. The fraction of sp³-hybridized carbons (Fsp3) is 0.500. The molecule has 0 spiro atoms. The van der Waals surface area contributed by atoms with E-state index in [1.807, 2.05) is 0 Å². The van der Waals surface area contributed by atoms with Crippen molar-refractivity contribution in [1.29, 1.82) is 0 Å². The van der Waals surface area contributed by atoms with Gasteiger partial charge in [-0.15, -0.1) is 0 Å². The second-order valence-electron chi connectivity index (χ2n) is 0.657. The zero-order valence-electron chi connectivity index (χ0n) is 4.53. The molecule has 0 atom stereocenters. The van der Waals surface area contributed by atoms with Crippen LogP contribution in [0.2, 0.25) is 0 Å². The molecule has 0 aliphatic carbocycles. The van der Waals surface area contributed by atoms with E-state index in [9.17, 15) is 4.79 Å². The lowest BCUT2D eigenvalue weighted by atomic mass is 10.9. The van der Waals surface area contributed by atoms with Crippen molar-refractivity contribution in [2.75, 3.05) is 6.61 Å². The Morgan fingerprint density at radius 3 is 2.00 bits per heavy atom. The molecule has 4 nitrogen and oxygen atoms in total. The van der Waals surface area contributed by atoms with E-state index < -0.39 is 0 Å². The first-order chi connectivity index (χ1) is 3.83. The second-order valence-corrected chi connectivity index (χ2v) is 0.657. The SMILES string of the molecule is CCOC=O.O=CO. The van der Waals surface area contributed by atoms with E-state index in [0.717, 1.165) is 0 Å². The number of ether oxygens (including phenoxy) is 1. The van der Waals surface area contributed by atoms with Gasteiger partial charge in [-0.05, 0) is 6.92 Å². The smallest absolute Gasteiger partial charge is 0.293 e. The van der Waals surface area contributed by atoms with Crippen LogP contribution in [-0.2, 0) is 14.3 Å². The van der Waals surface area contributed by atoms with E-state index in [1.165, 1.54) is 0 Å². The molecule has 0 heterocycles. The Bertz CT molecular complexity index is 52.0. The van der Waals surface area contributed by atoms with Gasteiger partial charge in [0.05, 0.1) is 6.61 Å². The van der Waals surface area contributed by atoms with Crippen molar-refractivity contribution in [2.45, 2.75) is 6.92 Å². The lowest BCUT2D eigenvalue weighted by Gasteiger charge is -1.79. The van der Waals surface area contributed by atoms with Crippen molar-refractivity contribution >= 4 is 12.9 Å². The van der Waals surface area contributed by atoms with E-state index in [-0.39, 0.29) is 6.47 Å². The average molecular weight is 120 g/mol. The maximum absolute atomic E-state index is 9.18. The molecule has 0 aromatic heterocycles. The van der Waals surface area contributed by atoms with Crippen molar-refractivity contribution in [3.63, 3.8) is 0 Å². The van der Waals surface area contributed by atoms with Crippen molar-refractivity contribution in [2.24, 2.45) is 0 Å². The highest BCUT2D eigenvalue weighted by atomic mass is 16.5. The largest absolute Gasteiger partial charge is 0.483 e. The monoisotopic (exact) mass is 120 g/mol. The molecule has 48 valence electrons. The lowest BCUT2D eigenvalue weighted by Crippen LogP contribution is -1.80. The molecule has 0 saturated carbocycles. The van der Waals surface area contributed by atoms with Crippen LogP contribution in [0.5, 0.6) is 0 Å². The molecule has 0 unspecified atom stereocenters. The zero-order chi connectivity index (χ0) is 6.83. The van der Waals surface area contributed by atoms with Gasteiger partial charge in [-0.2, -0.15) is 0 Å². The summed E-state index contributed by atoms with van der Waals surface area (Å²) in [7, 11) is 0. The van der Waals surface area contributed by atoms with Gasteiger partial charge in [-0.3, -0.25) is 9.59 Å². The number of hydrogen-bond acceptors (Lipinski definition) is 3. The Kier molecular flexibility index (Phi) is 21.0. The van der Waals surface area contributed by atoms with E-state index in [2.05, 4.69) is 4.74 Å². The van der Waals surface area contributed by atoms with Gasteiger partial charge < -0.3 is 9.84 Å². The molecule has 4 heteroatoms. The van der Waals surface area contributed by atoms with E-state index in [4.69, 9.17) is 9.90 Å².